The number of anilines is 1. The Hall–Kier alpha value is -2.18. The molecular formula is C18H23N5O. The fourth-order valence-electron chi connectivity index (χ4n) is 3.70. The van der Waals surface area contributed by atoms with E-state index < -0.39 is 0 Å². The van der Waals surface area contributed by atoms with Crippen LogP contribution in [0.1, 0.15) is 12.5 Å². The first kappa shape index (κ1) is 15.4. The van der Waals surface area contributed by atoms with Gasteiger partial charge in [-0.25, -0.2) is 4.79 Å². The molecular weight excluding hydrogens is 302 g/mol. The maximum absolute atomic E-state index is 11.9. The van der Waals surface area contributed by atoms with E-state index in [1.54, 1.807) is 12.3 Å². The Labute approximate surface area is 141 Å². The average molecular weight is 325 g/mol. The van der Waals surface area contributed by atoms with Crippen LogP contribution in [0.25, 0.3) is 5.69 Å². The van der Waals surface area contributed by atoms with Gasteiger partial charge in [0, 0.05) is 43.8 Å². The maximum atomic E-state index is 11.9. The van der Waals surface area contributed by atoms with Crippen LogP contribution in [-0.2, 0) is 6.42 Å². The largest absolute Gasteiger partial charge is 0.383 e. The van der Waals surface area contributed by atoms with Crippen LogP contribution in [0.5, 0.6) is 0 Å². The number of benzene rings is 1. The van der Waals surface area contributed by atoms with E-state index in [0.717, 1.165) is 12.1 Å². The summed E-state index contributed by atoms with van der Waals surface area (Å²) in [5.41, 5.74) is 7.85. The summed E-state index contributed by atoms with van der Waals surface area (Å²) >= 11 is 0. The molecule has 1 unspecified atom stereocenters. The molecule has 1 spiro atoms. The minimum absolute atomic E-state index is 0.246. The van der Waals surface area contributed by atoms with E-state index in [9.17, 15) is 4.79 Å². The van der Waals surface area contributed by atoms with Crippen molar-refractivity contribution in [3.63, 3.8) is 0 Å². The van der Waals surface area contributed by atoms with Gasteiger partial charge in [0.25, 0.3) is 0 Å². The second-order valence-electron chi connectivity index (χ2n) is 7.23. The number of nitrogens with zero attached hydrogens (tertiary/aromatic N) is 3. The third-order valence-electron chi connectivity index (χ3n) is 5.27. The van der Waals surface area contributed by atoms with Gasteiger partial charge in [0.05, 0.1) is 5.69 Å². The summed E-state index contributed by atoms with van der Waals surface area (Å²) in [6.07, 6.45) is 2.69. The van der Waals surface area contributed by atoms with E-state index in [-0.39, 0.29) is 11.5 Å². The molecule has 1 aromatic heterocycles. The first-order valence-electron chi connectivity index (χ1n) is 8.44. The molecule has 6 nitrogen and oxygen atoms in total. The lowest BCUT2D eigenvalue weighted by Crippen LogP contribution is -2.72. The third-order valence-corrected chi connectivity index (χ3v) is 5.27. The summed E-state index contributed by atoms with van der Waals surface area (Å²) < 4.78 is 1.51. The lowest BCUT2D eigenvalue weighted by molar-refractivity contribution is -0.0606. The van der Waals surface area contributed by atoms with E-state index >= 15 is 0 Å². The van der Waals surface area contributed by atoms with Crippen LogP contribution in [-0.4, -0.2) is 46.7 Å². The fraction of sp³-hybridized carbons (Fsp3) is 0.444. The summed E-state index contributed by atoms with van der Waals surface area (Å²) in [6, 6.07) is 10.3. The fourth-order valence-corrected chi connectivity index (χ4v) is 3.70. The molecule has 2 aliphatic heterocycles. The predicted molar refractivity (Wildman–Crippen MR) is 94.3 cm³/mol. The maximum Gasteiger partial charge on any atom is 0.354 e. The van der Waals surface area contributed by atoms with Gasteiger partial charge in [0.1, 0.15) is 5.82 Å². The molecule has 2 saturated heterocycles. The van der Waals surface area contributed by atoms with Gasteiger partial charge < -0.3 is 11.1 Å². The monoisotopic (exact) mass is 325 g/mol. The Morgan fingerprint density at radius 2 is 1.96 bits per heavy atom. The topological polar surface area (TPSA) is 76.2 Å². The zero-order valence-electron chi connectivity index (χ0n) is 13.9. The second-order valence-corrected chi connectivity index (χ2v) is 7.23. The van der Waals surface area contributed by atoms with E-state index in [0.29, 0.717) is 11.5 Å². The lowest BCUT2D eigenvalue weighted by atomic mass is 9.73. The Balaban J connectivity index is 1.41. The zero-order chi connectivity index (χ0) is 16.7. The minimum atomic E-state index is -0.351. The molecule has 3 heterocycles. The van der Waals surface area contributed by atoms with Crippen molar-refractivity contribution in [1.82, 2.24) is 19.8 Å². The van der Waals surface area contributed by atoms with E-state index in [2.05, 4.69) is 34.3 Å². The molecule has 24 heavy (non-hydrogen) atoms. The molecule has 0 saturated carbocycles. The van der Waals surface area contributed by atoms with Crippen molar-refractivity contribution in [1.29, 1.82) is 0 Å². The van der Waals surface area contributed by atoms with Crippen LogP contribution < -0.4 is 16.7 Å². The van der Waals surface area contributed by atoms with Crippen molar-refractivity contribution < 1.29 is 0 Å². The number of hydrogen-bond acceptors (Lipinski definition) is 5. The quantitative estimate of drug-likeness (QED) is 0.863. The molecule has 0 aliphatic carbocycles. The Kier molecular flexibility index (Phi) is 3.66. The Morgan fingerprint density at radius 3 is 2.54 bits per heavy atom. The summed E-state index contributed by atoms with van der Waals surface area (Å²) in [4.78, 5) is 18.2. The highest BCUT2D eigenvalue weighted by Crippen LogP contribution is 2.35. The molecule has 3 N–H and O–H groups in total. The van der Waals surface area contributed by atoms with Crippen molar-refractivity contribution in [3.05, 3.63) is 52.6 Å². The van der Waals surface area contributed by atoms with Crippen molar-refractivity contribution >= 4 is 5.82 Å². The molecule has 0 radical (unpaired) electrons. The first-order valence-corrected chi connectivity index (χ1v) is 8.44. The number of nitrogens with two attached hydrogens (primary N) is 1. The van der Waals surface area contributed by atoms with Crippen LogP contribution in [0, 0.1) is 5.41 Å². The Morgan fingerprint density at radius 1 is 1.25 bits per heavy atom. The molecule has 126 valence electrons. The standard InChI is InChI=1S/C18H23N5O/c1-13(22-11-18(12-22)9-20-10-18)8-14-2-4-15(5-3-14)23-7-6-16(19)21-17(23)24/h2-7,13,20H,8-12H2,1H3,(H2,19,21,24). The minimum Gasteiger partial charge on any atom is -0.383 e. The number of nitrogen functional groups attached to an aromatic ring is 1. The molecule has 2 aliphatic rings. The summed E-state index contributed by atoms with van der Waals surface area (Å²) in [5.74, 6) is 0.246. The summed E-state index contributed by atoms with van der Waals surface area (Å²) in [5, 5.41) is 3.38. The lowest BCUT2D eigenvalue weighted by Gasteiger charge is -2.58. The molecule has 4 rings (SSSR count). The molecule has 2 fully saturated rings. The molecule has 0 bridgehead atoms. The highest BCUT2D eigenvalue weighted by atomic mass is 16.1. The first-order chi connectivity index (χ1) is 11.5. The van der Waals surface area contributed by atoms with Gasteiger partial charge in [0.2, 0.25) is 0 Å². The Bertz CT molecular complexity index is 786. The van der Waals surface area contributed by atoms with Gasteiger partial charge in [-0.1, -0.05) is 12.1 Å². The van der Waals surface area contributed by atoms with Crippen molar-refractivity contribution in [2.24, 2.45) is 5.41 Å². The highest BCUT2D eigenvalue weighted by Gasteiger charge is 2.48. The number of rotatable bonds is 4. The van der Waals surface area contributed by atoms with E-state index in [1.165, 1.54) is 36.3 Å². The second kappa shape index (κ2) is 5.72. The van der Waals surface area contributed by atoms with Crippen LogP contribution in [0.2, 0.25) is 0 Å². The van der Waals surface area contributed by atoms with Crippen LogP contribution in [0.15, 0.2) is 41.3 Å². The number of nitrogens with one attached hydrogen (secondary N) is 1. The molecule has 2 aromatic rings. The highest BCUT2D eigenvalue weighted by molar-refractivity contribution is 5.36. The van der Waals surface area contributed by atoms with Gasteiger partial charge in [-0.2, -0.15) is 4.98 Å². The molecule has 6 heteroatoms. The van der Waals surface area contributed by atoms with Crippen LogP contribution >= 0.6 is 0 Å². The number of hydrogen-bond donors (Lipinski definition) is 2. The normalized spacial score (nSPS) is 20.4. The van der Waals surface area contributed by atoms with E-state index in [4.69, 9.17) is 5.73 Å². The van der Waals surface area contributed by atoms with Crippen molar-refractivity contribution in [3.8, 4) is 5.69 Å². The van der Waals surface area contributed by atoms with Gasteiger partial charge >= 0.3 is 5.69 Å². The van der Waals surface area contributed by atoms with Crippen molar-refractivity contribution in [2.75, 3.05) is 31.9 Å². The van der Waals surface area contributed by atoms with Gasteiger partial charge in [-0.15, -0.1) is 0 Å². The number of aromatic nitrogens is 2. The van der Waals surface area contributed by atoms with Crippen LogP contribution in [0.3, 0.4) is 0 Å². The van der Waals surface area contributed by atoms with E-state index in [1.807, 2.05) is 12.1 Å². The molecule has 1 atom stereocenters. The smallest absolute Gasteiger partial charge is 0.354 e. The average Bonchev–Trinajstić information content (AvgIpc) is 2.45. The summed E-state index contributed by atoms with van der Waals surface area (Å²) in [6.45, 7) is 7.07. The molecule has 1 aromatic carbocycles. The van der Waals surface area contributed by atoms with Crippen molar-refractivity contribution in [2.45, 2.75) is 19.4 Å². The summed E-state index contributed by atoms with van der Waals surface area (Å²) in [7, 11) is 0. The van der Waals surface area contributed by atoms with Crippen LogP contribution in [0.4, 0.5) is 5.82 Å². The van der Waals surface area contributed by atoms with Gasteiger partial charge in [0.15, 0.2) is 0 Å². The predicted octanol–water partition coefficient (Wildman–Crippen LogP) is 0.651. The van der Waals surface area contributed by atoms with Gasteiger partial charge in [-0.3, -0.25) is 9.47 Å². The number of likely N-dealkylation sites (tertiary alicyclic amines) is 1. The van der Waals surface area contributed by atoms with Gasteiger partial charge in [-0.05, 0) is 37.1 Å². The zero-order valence-corrected chi connectivity index (χ0v) is 13.9. The third kappa shape index (κ3) is 2.72. The SMILES string of the molecule is CC(Cc1ccc(-n2ccc(N)nc2=O)cc1)N1CC2(CNC2)C1. The molecule has 0 amide bonds.